The van der Waals surface area contributed by atoms with Gasteiger partial charge in [0.2, 0.25) is 0 Å². The molecule has 1 rings (SSSR count). The standard InChI is InChI=1S/C15H21FN2O3/c1-3-10(2)13(14(19)20)18-15(21)17-9-8-11-4-6-12(16)7-5-11/h4-7,10,13H,3,8-9H2,1-2H3,(H,19,20)(H2,17,18,21)/t10-,13-/m0/s1. The third-order valence-corrected chi connectivity index (χ3v) is 3.38. The van der Waals surface area contributed by atoms with Crippen LogP contribution in [0.15, 0.2) is 24.3 Å². The number of benzene rings is 1. The van der Waals surface area contributed by atoms with Crippen LogP contribution in [0.1, 0.15) is 25.8 Å². The molecule has 0 unspecified atom stereocenters. The fourth-order valence-electron chi connectivity index (χ4n) is 1.85. The maximum Gasteiger partial charge on any atom is 0.326 e. The zero-order valence-corrected chi connectivity index (χ0v) is 12.2. The molecule has 2 amide bonds. The zero-order chi connectivity index (χ0) is 15.8. The summed E-state index contributed by atoms with van der Waals surface area (Å²) in [6.07, 6.45) is 1.21. The third-order valence-electron chi connectivity index (χ3n) is 3.38. The Bertz CT molecular complexity index is 476. The highest BCUT2D eigenvalue weighted by Gasteiger charge is 2.24. The van der Waals surface area contributed by atoms with Crippen molar-refractivity contribution in [3.05, 3.63) is 35.6 Å². The highest BCUT2D eigenvalue weighted by atomic mass is 19.1. The van der Waals surface area contributed by atoms with Crippen LogP contribution in [0.25, 0.3) is 0 Å². The van der Waals surface area contributed by atoms with Crippen molar-refractivity contribution in [2.24, 2.45) is 5.92 Å². The van der Waals surface area contributed by atoms with Gasteiger partial charge in [0.1, 0.15) is 11.9 Å². The second-order valence-electron chi connectivity index (χ2n) is 4.98. The molecule has 0 aromatic heterocycles. The van der Waals surface area contributed by atoms with Crippen molar-refractivity contribution in [3.63, 3.8) is 0 Å². The minimum Gasteiger partial charge on any atom is -0.480 e. The summed E-state index contributed by atoms with van der Waals surface area (Å²) in [5, 5.41) is 14.1. The first-order chi connectivity index (χ1) is 9.93. The van der Waals surface area contributed by atoms with Crippen molar-refractivity contribution < 1.29 is 19.1 Å². The molecule has 0 heterocycles. The maximum absolute atomic E-state index is 12.7. The van der Waals surface area contributed by atoms with Gasteiger partial charge in [-0.3, -0.25) is 0 Å². The molecular weight excluding hydrogens is 275 g/mol. The molecule has 1 aromatic rings. The van der Waals surface area contributed by atoms with Gasteiger partial charge < -0.3 is 15.7 Å². The molecular formula is C15H21FN2O3. The summed E-state index contributed by atoms with van der Waals surface area (Å²) in [5.74, 6) is -1.49. The molecule has 1 aromatic carbocycles. The highest BCUT2D eigenvalue weighted by molar-refractivity contribution is 5.82. The molecule has 0 radical (unpaired) electrons. The van der Waals surface area contributed by atoms with Gasteiger partial charge in [0.15, 0.2) is 0 Å². The van der Waals surface area contributed by atoms with E-state index in [4.69, 9.17) is 5.11 Å². The zero-order valence-electron chi connectivity index (χ0n) is 12.2. The number of nitrogens with one attached hydrogen (secondary N) is 2. The molecule has 21 heavy (non-hydrogen) atoms. The summed E-state index contributed by atoms with van der Waals surface area (Å²) in [6, 6.07) is 4.60. The lowest BCUT2D eigenvalue weighted by atomic mass is 9.99. The highest BCUT2D eigenvalue weighted by Crippen LogP contribution is 2.07. The smallest absolute Gasteiger partial charge is 0.326 e. The lowest BCUT2D eigenvalue weighted by Gasteiger charge is -2.20. The minimum atomic E-state index is -1.04. The van der Waals surface area contributed by atoms with Crippen LogP contribution in [0, 0.1) is 11.7 Å². The molecule has 0 aliphatic heterocycles. The average molecular weight is 296 g/mol. The van der Waals surface area contributed by atoms with E-state index < -0.39 is 18.0 Å². The number of carbonyl (C=O) groups is 2. The number of carbonyl (C=O) groups excluding carboxylic acids is 1. The van der Waals surface area contributed by atoms with Crippen LogP contribution in [0.5, 0.6) is 0 Å². The summed E-state index contributed by atoms with van der Waals surface area (Å²) < 4.78 is 12.7. The van der Waals surface area contributed by atoms with Gasteiger partial charge in [0.25, 0.3) is 0 Å². The number of hydrogen-bond donors (Lipinski definition) is 3. The molecule has 0 aliphatic carbocycles. The van der Waals surface area contributed by atoms with Crippen molar-refractivity contribution in [2.75, 3.05) is 6.54 Å². The minimum absolute atomic E-state index is 0.148. The first kappa shape index (κ1) is 16.9. The van der Waals surface area contributed by atoms with Gasteiger partial charge in [-0.25, -0.2) is 14.0 Å². The molecule has 3 N–H and O–H groups in total. The molecule has 116 valence electrons. The van der Waals surface area contributed by atoms with E-state index in [1.165, 1.54) is 12.1 Å². The average Bonchev–Trinajstić information content (AvgIpc) is 2.45. The van der Waals surface area contributed by atoms with E-state index in [1.54, 1.807) is 19.1 Å². The summed E-state index contributed by atoms with van der Waals surface area (Å²) in [5.41, 5.74) is 0.897. The lowest BCUT2D eigenvalue weighted by Crippen LogP contribution is -2.49. The summed E-state index contributed by atoms with van der Waals surface area (Å²) in [7, 11) is 0. The predicted molar refractivity (Wildman–Crippen MR) is 77.5 cm³/mol. The van der Waals surface area contributed by atoms with Crippen molar-refractivity contribution in [2.45, 2.75) is 32.7 Å². The van der Waals surface area contributed by atoms with Crippen molar-refractivity contribution in [1.29, 1.82) is 0 Å². The Morgan fingerprint density at radius 3 is 2.43 bits per heavy atom. The number of halogens is 1. The van der Waals surface area contributed by atoms with Gasteiger partial charge >= 0.3 is 12.0 Å². The SMILES string of the molecule is CC[C@H](C)[C@H](NC(=O)NCCc1ccc(F)cc1)C(=O)O. The largest absolute Gasteiger partial charge is 0.480 e. The molecule has 0 saturated carbocycles. The van der Waals surface area contributed by atoms with Gasteiger partial charge in [0, 0.05) is 6.54 Å². The van der Waals surface area contributed by atoms with E-state index in [-0.39, 0.29) is 11.7 Å². The van der Waals surface area contributed by atoms with Gasteiger partial charge in [-0.2, -0.15) is 0 Å². The first-order valence-corrected chi connectivity index (χ1v) is 6.95. The Labute approximate surface area is 123 Å². The van der Waals surface area contributed by atoms with Crippen LogP contribution in [0.3, 0.4) is 0 Å². The Hall–Kier alpha value is -2.11. The molecule has 0 fully saturated rings. The normalized spacial score (nSPS) is 13.3. The van der Waals surface area contributed by atoms with Gasteiger partial charge in [-0.15, -0.1) is 0 Å². The van der Waals surface area contributed by atoms with E-state index in [1.807, 2.05) is 6.92 Å². The van der Waals surface area contributed by atoms with E-state index in [2.05, 4.69) is 10.6 Å². The Morgan fingerprint density at radius 2 is 1.90 bits per heavy atom. The quantitative estimate of drug-likeness (QED) is 0.721. The Kier molecular flexibility index (Phi) is 6.65. The van der Waals surface area contributed by atoms with Crippen LogP contribution < -0.4 is 10.6 Å². The molecule has 5 nitrogen and oxygen atoms in total. The molecule has 6 heteroatoms. The number of hydrogen-bond acceptors (Lipinski definition) is 2. The summed E-state index contributed by atoms with van der Waals surface area (Å²) in [6.45, 7) is 4.00. The monoisotopic (exact) mass is 296 g/mol. The molecule has 2 atom stereocenters. The number of urea groups is 1. The number of rotatable bonds is 7. The fourth-order valence-corrected chi connectivity index (χ4v) is 1.85. The molecule has 0 saturated heterocycles. The van der Waals surface area contributed by atoms with Crippen molar-refractivity contribution >= 4 is 12.0 Å². The number of carboxylic acid groups (broad SMARTS) is 1. The first-order valence-electron chi connectivity index (χ1n) is 6.95. The second kappa shape index (κ2) is 8.24. The third kappa shape index (κ3) is 5.81. The van der Waals surface area contributed by atoms with Crippen LogP contribution in [-0.4, -0.2) is 29.7 Å². The van der Waals surface area contributed by atoms with E-state index in [0.717, 1.165) is 5.56 Å². The van der Waals surface area contributed by atoms with E-state index >= 15 is 0 Å². The Morgan fingerprint density at radius 1 is 1.29 bits per heavy atom. The predicted octanol–water partition coefficient (Wildman–Crippen LogP) is 2.17. The van der Waals surface area contributed by atoms with Gasteiger partial charge in [0.05, 0.1) is 0 Å². The summed E-state index contributed by atoms with van der Waals surface area (Å²) >= 11 is 0. The van der Waals surface area contributed by atoms with Crippen molar-refractivity contribution in [3.8, 4) is 0 Å². The van der Waals surface area contributed by atoms with Crippen LogP contribution in [0.2, 0.25) is 0 Å². The van der Waals surface area contributed by atoms with Crippen molar-refractivity contribution in [1.82, 2.24) is 10.6 Å². The number of amides is 2. The summed E-state index contributed by atoms with van der Waals surface area (Å²) in [4.78, 5) is 22.8. The molecule has 0 spiro atoms. The Balaban J connectivity index is 2.39. The van der Waals surface area contributed by atoms with Crippen LogP contribution in [0.4, 0.5) is 9.18 Å². The maximum atomic E-state index is 12.7. The topological polar surface area (TPSA) is 78.4 Å². The van der Waals surface area contributed by atoms with Crippen LogP contribution in [-0.2, 0) is 11.2 Å². The van der Waals surface area contributed by atoms with E-state index in [0.29, 0.717) is 19.4 Å². The van der Waals surface area contributed by atoms with E-state index in [9.17, 15) is 14.0 Å². The molecule has 0 bridgehead atoms. The number of carboxylic acids is 1. The number of aliphatic carboxylic acids is 1. The second-order valence-corrected chi connectivity index (χ2v) is 4.98. The van der Waals surface area contributed by atoms with Gasteiger partial charge in [-0.05, 0) is 30.0 Å². The molecule has 0 aliphatic rings. The lowest BCUT2D eigenvalue weighted by molar-refractivity contribution is -0.140. The van der Waals surface area contributed by atoms with Gasteiger partial charge in [-0.1, -0.05) is 32.4 Å². The fraction of sp³-hybridized carbons (Fsp3) is 0.467. The van der Waals surface area contributed by atoms with Crippen LogP contribution >= 0.6 is 0 Å².